The lowest BCUT2D eigenvalue weighted by atomic mass is 10.1. The van der Waals surface area contributed by atoms with Crippen molar-refractivity contribution in [2.75, 3.05) is 0 Å². The van der Waals surface area contributed by atoms with Crippen molar-refractivity contribution < 1.29 is 14.3 Å². The number of rotatable bonds is 5. The van der Waals surface area contributed by atoms with Gasteiger partial charge in [-0.2, -0.15) is 0 Å². The van der Waals surface area contributed by atoms with Gasteiger partial charge in [-0.05, 0) is 41.3 Å². The van der Waals surface area contributed by atoms with Gasteiger partial charge in [0.25, 0.3) is 0 Å². The molecule has 3 heteroatoms. The number of carbonyl (C=O) groups is 1. The van der Waals surface area contributed by atoms with Gasteiger partial charge in [-0.3, -0.25) is 4.79 Å². The van der Waals surface area contributed by atoms with Crippen LogP contribution in [0.25, 0.3) is 6.08 Å². The van der Waals surface area contributed by atoms with Crippen LogP contribution >= 0.6 is 0 Å². The molecule has 0 radical (unpaired) electrons. The third-order valence-electron chi connectivity index (χ3n) is 4.58. The molecule has 0 amide bonds. The van der Waals surface area contributed by atoms with Gasteiger partial charge in [-0.15, -0.1) is 0 Å². The van der Waals surface area contributed by atoms with Crippen LogP contribution in [0.1, 0.15) is 34.0 Å². The molecule has 0 atom stereocenters. The van der Waals surface area contributed by atoms with Gasteiger partial charge >= 0.3 is 0 Å². The van der Waals surface area contributed by atoms with Crippen LogP contribution in [0.5, 0.6) is 11.5 Å². The molecule has 1 aliphatic rings. The number of hydrogen-bond acceptors (Lipinski definition) is 3. The van der Waals surface area contributed by atoms with E-state index in [1.807, 2.05) is 48.5 Å². The highest BCUT2D eigenvalue weighted by molar-refractivity contribution is 6.14. The molecule has 0 saturated carbocycles. The Morgan fingerprint density at radius 3 is 2.44 bits per heavy atom. The van der Waals surface area contributed by atoms with Gasteiger partial charge in [0.05, 0.1) is 5.56 Å². The second-order valence-electron chi connectivity index (χ2n) is 6.47. The standard InChI is InChI=1S/C24H20O3/c1-2-17-8-10-18(11-9-17)14-23-24(25)21-13-12-20(15-22(21)27-23)26-16-19-6-4-3-5-7-19/h3-15H,2,16H2,1H3/b23-14+. The van der Waals surface area contributed by atoms with E-state index in [-0.39, 0.29) is 5.78 Å². The molecule has 3 nitrogen and oxygen atoms in total. The Balaban J connectivity index is 1.50. The van der Waals surface area contributed by atoms with Crippen molar-refractivity contribution in [1.82, 2.24) is 0 Å². The molecule has 0 spiro atoms. The van der Waals surface area contributed by atoms with E-state index in [1.165, 1.54) is 5.56 Å². The maximum Gasteiger partial charge on any atom is 0.231 e. The minimum Gasteiger partial charge on any atom is -0.489 e. The van der Waals surface area contributed by atoms with Crippen LogP contribution in [-0.4, -0.2) is 5.78 Å². The number of ketones is 1. The zero-order valence-corrected chi connectivity index (χ0v) is 15.1. The lowest BCUT2D eigenvalue weighted by Gasteiger charge is -2.07. The lowest BCUT2D eigenvalue weighted by molar-refractivity contribution is 0.101. The summed E-state index contributed by atoms with van der Waals surface area (Å²) in [6, 6.07) is 23.4. The van der Waals surface area contributed by atoms with Crippen LogP contribution in [0.3, 0.4) is 0 Å². The predicted molar refractivity (Wildman–Crippen MR) is 106 cm³/mol. The van der Waals surface area contributed by atoms with Gasteiger partial charge in [0.2, 0.25) is 5.78 Å². The average molecular weight is 356 g/mol. The molecule has 27 heavy (non-hydrogen) atoms. The van der Waals surface area contributed by atoms with Gasteiger partial charge in [0, 0.05) is 6.07 Å². The largest absolute Gasteiger partial charge is 0.489 e. The molecular formula is C24H20O3. The number of Topliss-reactive ketones (excluding diaryl/α,β-unsaturated/α-hetero) is 1. The van der Waals surface area contributed by atoms with Crippen LogP contribution in [0.4, 0.5) is 0 Å². The maximum atomic E-state index is 12.6. The summed E-state index contributed by atoms with van der Waals surface area (Å²) in [5.74, 6) is 1.47. The summed E-state index contributed by atoms with van der Waals surface area (Å²) >= 11 is 0. The summed E-state index contributed by atoms with van der Waals surface area (Å²) in [6.45, 7) is 2.59. The molecule has 0 fully saturated rings. The molecule has 0 aliphatic carbocycles. The third kappa shape index (κ3) is 3.77. The topological polar surface area (TPSA) is 35.5 Å². The van der Waals surface area contributed by atoms with Gasteiger partial charge < -0.3 is 9.47 Å². The first-order valence-electron chi connectivity index (χ1n) is 9.07. The van der Waals surface area contributed by atoms with E-state index in [9.17, 15) is 4.79 Å². The Hall–Kier alpha value is -3.33. The highest BCUT2D eigenvalue weighted by Crippen LogP contribution is 2.35. The summed E-state index contributed by atoms with van der Waals surface area (Å²) in [6.07, 6.45) is 2.77. The van der Waals surface area contributed by atoms with Crippen LogP contribution in [0.15, 0.2) is 78.6 Å². The number of ether oxygens (including phenoxy) is 2. The van der Waals surface area contributed by atoms with E-state index >= 15 is 0 Å². The Labute approximate surface area is 158 Å². The fourth-order valence-corrected chi connectivity index (χ4v) is 3.00. The zero-order valence-electron chi connectivity index (χ0n) is 15.1. The third-order valence-corrected chi connectivity index (χ3v) is 4.58. The Kier molecular flexibility index (Phi) is 4.75. The first-order chi connectivity index (χ1) is 13.2. The molecule has 0 bridgehead atoms. The summed E-state index contributed by atoms with van der Waals surface area (Å²) < 4.78 is 11.6. The first kappa shape index (κ1) is 17.1. The van der Waals surface area contributed by atoms with Crippen molar-refractivity contribution in [2.24, 2.45) is 0 Å². The number of hydrogen-bond donors (Lipinski definition) is 0. The molecule has 134 valence electrons. The number of allylic oxidation sites excluding steroid dienone is 1. The quantitative estimate of drug-likeness (QED) is 0.571. The fourth-order valence-electron chi connectivity index (χ4n) is 3.00. The van der Waals surface area contributed by atoms with Crippen LogP contribution < -0.4 is 9.47 Å². The van der Waals surface area contributed by atoms with E-state index in [2.05, 4.69) is 19.1 Å². The molecule has 0 unspecified atom stereocenters. The highest BCUT2D eigenvalue weighted by Gasteiger charge is 2.27. The number of carbonyl (C=O) groups excluding carboxylic acids is 1. The van der Waals surface area contributed by atoms with Crippen molar-refractivity contribution >= 4 is 11.9 Å². The molecule has 3 aromatic rings. The van der Waals surface area contributed by atoms with Crippen molar-refractivity contribution in [2.45, 2.75) is 20.0 Å². The molecule has 0 aromatic heterocycles. The maximum absolute atomic E-state index is 12.6. The number of benzene rings is 3. The smallest absolute Gasteiger partial charge is 0.231 e. The van der Waals surface area contributed by atoms with Crippen molar-refractivity contribution in [3.8, 4) is 11.5 Å². The predicted octanol–water partition coefficient (Wildman–Crippen LogP) is 5.44. The van der Waals surface area contributed by atoms with Crippen LogP contribution in [0.2, 0.25) is 0 Å². The lowest BCUT2D eigenvalue weighted by Crippen LogP contribution is -1.98. The van der Waals surface area contributed by atoms with Crippen molar-refractivity contribution in [3.63, 3.8) is 0 Å². The fraction of sp³-hybridized carbons (Fsp3) is 0.125. The molecule has 4 rings (SSSR count). The van der Waals surface area contributed by atoms with Crippen molar-refractivity contribution in [1.29, 1.82) is 0 Å². The second kappa shape index (κ2) is 7.50. The normalized spacial score (nSPS) is 14.1. The van der Waals surface area contributed by atoms with E-state index in [0.717, 1.165) is 17.5 Å². The summed E-state index contributed by atoms with van der Waals surface area (Å²) in [7, 11) is 0. The van der Waals surface area contributed by atoms with Crippen LogP contribution in [0, 0.1) is 0 Å². The van der Waals surface area contributed by atoms with Gasteiger partial charge in [-0.1, -0.05) is 61.5 Å². The van der Waals surface area contributed by atoms with E-state index in [0.29, 0.717) is 29.4 Å². The van der Waals surface area contributed by atoms with Crippen LogP contribution in [-0.2, 0) is 13.0 Å². The average Bonchev–Trinajstić information content (AvgIpc) is 3.02. The molecule has 1 heterocycles. The van der Waals surface area contributed by atoms with E-state index in [1.54, 1.807) is 18.2 Å². The molecule has 0 saturated heterocycles. The highest BCUT2D eigenvalue weighted by atomic mass is 16.5. The SMILES string of the molecule is CCc1ccc(/C=C2/Oc3cc(OCc4ccccc4)ccc3C2=O)cc1. The minimum atomic E-state index is -0.0980. The number of fused-ring (bicyclic) bond motifs is 1. The summed E-state index contributed by atoms with van der Waals surface area (Å²) in [5, 5.41) is 0. The zero-order chi connectivity index (χ0) is 18.6. The summed E-state index contributed by atoms with van der Waals surface area (Å²) in [5.41, 5.74) is 3.87. The van der Waals surface area contributed by atoms with Gasteiger partial charge in [-0.25, -0.2) is 0 Å². The van der Waals surface area contributed by atoms with E-state index in [4.69, 9.17) is 9.47 Å². The molecule has 0 N–H and O–H groups in total. The van der Waals surface area contributed by atoms with E-state index < -0.39 is 0 Å². The van der Waals surface area contributed by atoms with Gasteiger partial charge in [0.15, 0.2) is 5.76 Å². The molecule has 1 aliphatic heterocycles. The second-order valence-corrected chi connectivity index (χ2v) is 6.47. The monoisotopic (exact) mass is 356 g/mol. The Morgan fingerprint density at radius 1 is 0.926 bits per heavy atom. The van der Waals surface area contributed by atoms with Gasteiger partial charge in [0.1, 0.15) is 18.1 Å². The molecular weight excluding hydrogens is 336 g/mol. The minimum absolute atomic E-state index is 0.0980. The Bertz CT molecular complexity index is 986. The molecule has 3 aromatic carbocycles. The first-order valence-corrected chi connectivity index (χ1v) is 9.07. The summed E-state index contributed by atoms with van der Waals surface area (Å²) in [4.78, 5) is 12.6. The number of aryl methyl sites for hydroxylation is 1. The Morgan fingerprint density at radius 2 is 1.70 bits per heavy atom. The van der Waals surface area contributed by atoms with Crippen molar-refractivity contribution in [3.05, 3.63) is 101 Å².